The van der Waals surface area contributed by atoms with E-state index < -0.39 is 0 Å². The van der Waals surface area contributed by atoms with Gasteiger partial charge in [0.25, 0.3) is 0 Å². The zero-order valence-corrected chi connectivity index (χ0v) is 9.93. The molecule has 2 rings (SSSR count). The first-order valence-electron chi connectivity index (χ1n) is 5.07. The normalized spacial score (nSPS) is 12.1. The van der Waals surface area contributed by atoms with Gasteiger partial charge >= 0.3 is 0 Å². The Kier molecular flexibility index (Phi) is 2.35. The van der Waals surface area contributed by atoms with E-state index in [0.29, 0.717) is 11.8 Å². The van der Waals surface area contributed by atoms with Gasteiger partial charge in [-0.25, -0.2) is 4.52 Å². The van der Waals surface area contributed by atoms with Crippen molar-refractivity contribution in [3.8, 4) is 0 Å². The Labute approximate surface area is 88.6 Å². The molecule has 2 heterocycles. The minimum absolute atomic E-state index is 0.530. The molecular weight excluding hydrogens is 192 g/mol. The molecule has 76 valence electrons. The highest BCUT2D eigenvalue weighted by atomic mass is 32.1. The highest BCUT2D eigenvalue weighted by molar-refractivity contribution is 7.17. The van der Waals surface area contributed by atoms with Crippen LogP contribution in [0.4, 0.5) is 0 Å². The Morgan fingerprint density at radius 3 is 2.43 bits per heavy atom. The van der Waals surface area contributed by atoms with Gasteiger partial charge < -0.3 is 0 Å². The standard InChI is InChI=1S/C11H16N2S/c1-7(2)9-5-10-13(6-9)12-11(14-10)8(3)4/h5-8H,1-4H3. The van der Waals surface area contributed by atoms with E-state index in [2.05, 4.69) is 45.1 Å². The van der Waals surface area contributed by atoms with Crippen molar-refractivity contribution in [2.45, 2.75) is 39.5 Å². The van der Waals surface area contributed by atoms with Crippen molar-refractivity contribution in [3.63, 3.8) is 0 Å². The van der Waals surface area contributed by atoms with Crippen molar-refractivity contribution < 1.29 is 0 Å². The lowest BCUT2D eigenvalue weighted by Gasteiger charge is -1.98. The number of nitrogens with zero attached hydrogens (tertiary/aromatic N) is 2. The molecule has 0 saturated heterocycles. The molecule has 2 aromatic heterocycles. The van der Waals surface area contributed by atoms with Crippen LogP contribution in [0.5, 0.6) is 0 Å². The van der Waals surface area contributed by atoms with E-state index in [-0.39, 0.29) is 0 Å². The number of hydrogen-bond acceptors (Lipinski definition) is 2. The van der Waals surface area contributed by atoms with E-state index in [1.165, 1.54) is 15.4 Å². The molecule has 0 aromatic carbocycles. The smallest absolute Gasteiger partial charge is 0.119 e. The first kappa shape index (κ1) is 9.71. The quantitative estimate of drug-likeness (QED) is 0.736. The van der Waals surface area contributed by atoms with Gasteiger partial charge in [0.1, 0.15) is 9.84 Å². The summed E-state index contributed by atoms with van der Waals surface area (Å²) in [4.78, 5) is 1.26. The molecule has 0 unspecified atom stereocenters. The van der Waals surface area contributed by atoms with Gasteiger partial charge in [0.15, 0.2) is 0 Å². The van der Waals surface area contributed by atoms with Gasteiger partial charge in [0.2, 0.25) is 0 Å². The third-order valence-corrected chi connectivity index (χ3v) is 3.64. The second-order valence-corrected chi connectivity index (χ2v) is 5.35. The Bertz CT molecular complexity index is 368. The lowest BCUT2D eigenvalue weighted by atomic mass is 10.1. The van der Waals surface area contributed by atoms with Gasteiger partial charge in [0.05, 0.1) is 0 Å². The van der Waals surface area contributed by atoms with Crippen molar-refractivity contribution in [3.05, 3.63) is 22.8 Å². The highest BCUT2D eigenvalue weighted by Gasteiger charge is 2.10. The molecule has 0 aliphatic rings. The highest BCUT2D eigenvalue weighted by Crippen LogP contribution is 2.26. The molecule has 0 N–H and O–H groups in total. The summed E-state index contributed by atoms with van der Waals surface area (Å²) < 4.78 is 2.01. The molecule has 0 fully saturated rings. The van der Waals surface area contributed by atoms with E-state index >= 15 is 0 Å². The SMILES string of the molecule is CC(C)c1cc2sc(C(C)C)nn2c1. The van der Waals surface area contributed by atoms with Crippen molar-refractivity contribution in [1.29, 1.82) is 0 Å². The largest absolute Gasteiger partial charge is 0.230 e. The third kappa shape index (κ3) is 1.57. The maximum Gasteiger partial charge on any atom is 0.119 e. The molecule has 0 radical (unpaired) electrons. The minimum Gasteiger partial charge on any atom is -0.230 e. The predicted molar refractivity (Wildman–Crippen MR) is 61.2 cm³/mol. The lowest BCUT2D eigenvalue weighted by Crippen LogP contribution is -1.89. The average molecular weight is 208 g/mol. The molecule has 2 nitrogen and oxygen atoms in total. The van der Waals surface area contributed by atoms with Crippen LogP contribution in [0.2, 0.25) is 0 Å². The van der Waals surface area contributed by atoms with E-state index in [1.807, 2.05) is 4.52 Å². The zero-order valence-electron chi connectivity index (χ0n) is 9.11. The number of aromatic nitrogens is 2. The first-order chi connectivity index (χ1) is 6.58. The van der Waals surface area contributed by atoms with Crippen LogP contribution in [-0.2, 0) is 0 Å². The van der Waals surface area contributed by atoms with Crippen molar-refractivity contribution in [2.75, 3.05) is 0 Å². The summed E-state index contributed by atoms with van der Waals surface area (Å²) in [5.41, 5.74) is 1.37. The fourth-order valence-corrected chi connectivity index (χ4v) is 2.35. The van der Waals surface area contributed by atoms with Crippen LogP contribution in [0.3, 0.4) is 0 Å². The Hall–Kier alpha value is -0.830. The van der Waals surface area contributed by atoms with Crippen LogP contribution >= 0.6 is 11.3 Å². The Balaban J connectivity index is 2.45. The zero-order chi connectivity index (χ0) is 10.3. The van der Waals surface area contributed by atoms with Gasteiger partial charge in [-0.1, -0.05) is 39.0 Å². The van der Waals surface area contributed by atoms with E-state index in [9.17, 15) is 0 Å². The molecule has 2 aromatic rings. The molecule has 0 saturated carbocycles. The molecule has 3 heteroatoms. The van der Waals surface area contributed by atoms with Crippen molar-refractivity contribution in [1.82, 2.24) is 9.61 Å². The summed E-state index contributed by atoms with van der Waals surface area (Å²) in [5.74, 6) is 1.12. The Morgan fingerprint density at radius 2 is 1.93 bits per heavy atom. The van der Waals surface area contributed by atoms with Gasteiger partial charge in [-0.05, 0) is 17.5 Å². The summed E-state index contributed by atoms with van der Waals surface area (Å²) in [6.07, 6.45) is 2.14. The third-order valence-electron chi connectivity index (χ3n) is 2.36. The van der Waals surface area contributed by atoms with Gasteiger partial charge in [-0.15, -0.1) is 0 Å². The summed E-state index contributed by atoms with van der Waals surface area (Å²) in [6, 6.07) is 2.24. The second-order valence-electron chi connectivity index (χ2n) is 4.31. The fraction of sp³-hybridized carbons (Fsp3) is 0.545. The van der Waals surface area contributed by atoms with Crippen LogP contribution in [-0.4, -0.2) is 9.61 Å². The average Bonchev–Trinajstić information content (AvgIpc) is 2.57. The Morgan fingerprint density at radius 1 is 1.21 bits per heavy atom. The lowest BCUT2D eigenvalue weighted by molar-refractivity contribution is 0.795. The van der Waals surface area contributed by atoms with E-state index in [4.69, 9.17) is 0 Å². The summed E-state index contributed by atoms with van der Waals surface area (Å²) >= 11 is 1.80. The fourth-order valence-electron chi connectivity index (χ4n) is 1.39. The van der Waals surface area contributed by atoms with Crippen LogP contribution in [0.1, 0.15) is 50.1 Å². The first-order valence-corrected chi connectivity index (χ1v) is 5.88. The molecule has 0 aliphatic heterocycles. The van der Waals surface area contributed by atoms with E-state index in [1.54, 1.807) is 11.3 Å². The minimum atomic E-state index is 0.530. The molecule has 0 aliphatic carbocycles. The van der Waals surface area contributed by atoms with Crippen molar-refractivity contribution in [2.24, 2.45) is 0 Å². The van der Waals surface area contributed by atoms with E-state index in [0.717, 1.165) is 0 Å². The number of fused-ring (bicyclic) bond motifs is 1. The maximum absolute atomic E-state index is 4.55. The monoisotopic (exact) mass is 208 g/mol. The second kappa shape index (κ2) is 3.39. The van der Waals surface area contributed by atoms with Crippen LogP contribution in [0.15, 0.2) is 12.3 Å². The van der Waals surface area contributed by atoms with Gasteiger partial charge in [-0.2, -0.15) is 5.10 Å². The number of hydrogen-bond donors (Lipinski definition) is 0. The molecule has 0 bridgehead atoms. The molecule has 14 heavy (non-hydrogen) atoms. The van der Waals surface area contributed by atoms with Crippen LogP contribution < -0.4 is 0 Å². The maximum atomic E-state index is 4.55. The summed E-state index contributed by atoms with van der Waals surface area (Å²) in [7, 11) is 0. The molecular formula is C11H16N2S. The molecule has 0 atom stereocenters. The topological polar surface area (TPSA) is 17.3 Å². The number of rotatable bonds is 2. The predicted octanol–water partition coefficient (Wildman–Crippen LogP) is 3.64. The van der Waals surface area contributed by atoms with Crippen molar-refractivity contribution >= 4 is 16.2 Å². The van der Waals surface area contributed by atoms with Crippen LogP contribution in [0, 0.1) is 0 Å². The summed E-state index contributed by atoms with van der Waals surface area (Å²) in [6.45, 7) is 8.79. The van der Waals surface area contributed by atoms with Crippen LogP contribution in [0.25, 0.3) is 4.83 Å². The molecule has 0 spiro atoms. The molecule has 0 amide bonds. The van der Waals surface area contributed by atoms with Gasteiger partial charge in [-0.3, -0.25) is 0 Å². The summed E-state index contributed by atoms with van der Waals surface area (Å²) in [5, 5.41) is 5.77. The van der Waals surface area contributed by atoms with Gasteiger partial charge in [0, 0.05) is 12.1 Å².